The first-order chi connectivity index (χ1) is 16.4. The minimum Gasteiger partial charge on any atom is -0.334 e. The van der Waals surface area contributed by atoms with E-state index in [1.165, 1.54) is 12.1 Å². The van der Waals surface area contributed by atoms with E-state index in [0.29, 0.717) is 25.1 Å². The second kappa shape index (κ2) is 8.96. The van der Waals surface area contributed by atoms with E-state index in [1.54, 1.807) is 12.5 Å². The summed E-state index contributed by atoms with van der Waals surface area (Å²) >= 11 is 0. The van der Waals surface area contributed by atoms with Crippen molar-refractivity contribution in [1.82, 2.24) is 24.6 Å². The third-order valence-corrected chi connectivity index (χ3v) is 6.44. The average molecular weight is 467 g/mol. The van der Waals surface area contributed by atoms with E-state index in [1.807, 2.05) is 33.7 Å². The van der Waals surface area contributed by atoms with Crippen LogP contribution in [-0.4, -0.2) is 37.1 Å². The van der Waals surface area contributed by atoms with E-state index in [-0.39, 0.29) is 11.9 Å². The highest BCUT2D eigenvalue weighted by atomic mass is 19.4. The zero-order chi connectivity index (χ0) is 23.7. The molecule has 1 aliphatic heterocycles. The van der Waals surface area contributed by atoms with Crippen molar-refractivity contribution in [1.29, 1.82) is 0 Å². The number of carbonyl (C=O) groups is 1. The smallest absolute Gasteiger partial charge is 0.334 e. The summed E-state index contributed by atoms with van der Waals surface area (Å²) in [6.07, 6.45) is 1.98. The van der Waals surface area contributed by atoms with E-state index >= 15 is 0 Å². The number of aryl methyl sites for hydroxylation is 1. The first kappa shape index (κ1) is 22.2. The summed E-state index contributed by atoms with van der Waals surface area (Å²) in [5, 5.41) is 7.18. The second-order valence-corrected chi connectivity index (χ2v) is 8.55. The fraction of sp³-hybridized carbons (Fsp3) is 0.320. The quantitative estimate of drug-likeness (QED) is 0.416. The largest absolute Gasteiger partial charge is 0.416 e. The number of carbonyl (C=O) groups excluding carboxylic acids is 1. The fourth-order valence-electron chi connectivity index (χ4n) is 4.70. The van der Waals surface area contributed by atoms with E-state index < -0.39 is 11.7 Å². The number of amides is 1. The molecule has 0 unspecified atom stereocenters. The van der Waals surface area contributed by atoms with E-state index in [2.05, 4.69) is 15.2 Å². The van der Waals surface area contributed by atoms with Crippen LogP contribution in [0.25, 0.3) is 22.2 Å². The number of hydrogen-bond acceptors (Lipinski definition) is 3. The number of H-pyrrole nitrogens is 1. The van der Waals surface area contributed by atoms with Crippen LogP contribution >= 0.6 is 0 Å². The van der Waals surface area contributed by atoms with Crippen molar-refractivity contribution in [2.75, 3.05) is 6.54 Å². The summed E-state index contributed by atoms with van der Waals surface area (Å²) in [6, 6.07) is 12.7. The summed E-state index contributed by atoms with van der Waals surface area (Å²) in [5.74, 6) is 0.0375. The first-order valence-electron chi connectivity index (χ1n) is 11.3. The number of para-hydroxylation sites is 2. The highest BCUT2D eigenvalue weighted by Gasteiger charge is 2.32. The van der Waals surface area contributed by atoms with Crippen LogP contribution in [0.15, 0.2) is 61.1 Å². The molecule has 3 heterocycles. The molecule has 1 aliphatic rings. The van der Waals surface area contributed by atoms with Gasteiger partial charge in [0.15, 0.2) is 0 Å². The van der Waals surface area contributed by atoms with Crippen molar-refractivity contribution in [3.63, 3.8) is 0 Å². The molecule has 1 atom stereocenters. The Balaban J connectivity index is 1.35. The molecule has 0 saturated carbocycles. The average Bonchev–Trinajstić information content (AvgIpc) is 3.49. The number of aromatic amines is 1. The topological polar surface area (TPSA) is 66.8 Å². The Kier molecular flexibility index (Phi) is 5.85. The van der Waals surface area contributed by atoms with Gasteiger partial charge in [0.05, 0.1) is 40.9 Å². The number of rotatable bonds is 5. The number of imidazole rings is 1. The molecule has 0 bridgehead atoms. The number of nitrogens with zero attached hydrogens (tertiary/aromatic N) is 4. The number of alkyl halides is 3. The van der Waals surface area contributed by atoms with Gasteiger partial charge < -0.3 is 9.47 Å². The van der Waals surface area contributed by atoms with Crippen molar-refractivity contribution < 1.29 is 18.0 Å². The van der Waals surface area contributed by atoms with Crippen LogP contribution in [0.4, 0.5) is 13.2 Å². The van der Waals surface area contributed by atoms with Gasteiger partial charge in [-0.05, 0) is 49.1 Å². The monoisotopic (exact) mass is 467 g/mol. The molecular weight excluding hydrogens is 443 g/mol. The van der Waals surface area contributed by atoms with Crippen molar-refractivity contribution in [3.8, 4) is 11.1 Å². The number of benzene rings is 2. The molecule has 1 saturated heterocycles. The zero-order valence-electron chi connectivity index (χ0n) is 18.4. The van der Waals surface area contributed by atoms with Crippen LogP contribution in [0, 0.1) is 0 Å². The van der Waals surface area contributed by atoms with Crippen LogP contribution < -0.4 is 0 Å². The first-order valence-corrected chi connectivity index (χ1v) is 11.3. The Bertz CT molecular complexity index is 1290. The lowest BCUT2D eigenvalue weighted by Gasteiger charge is -2.36. The van der Waals surface area contributed by atoms with Crippen molar-refractivity contribution in [2.24, 2.45) is 0 Å². The van der Waals surface area contributed by atoms with Gasteiger partial charge in [-0.15, -0.1) is 0 Å². The summed E-state index contributed by atoms with van der Waals surface area (Å²) in [7, 11) is 0. The molecule has 1 amide bonds. The minimum absolute atomic E-state index is 0.0375. The Labute approximate surface area is 194 Å². The maximum atomic E-state index is 13.3. The predicted molar refractivity (Wildman–Crippen MR) is 122 cm³/mol. The van der Waals surface area contributed by atoms with Gasteiger partial charge in [-0.3, -0.25) is 9.89 Å². The molecule has 6 nitrogen and oxygen atoms in total. The summed E-state index contributed by atoms with van der Waals surface area (Å²) < 4.78 is 40.9. The van der Waals surface area contributed by atoms with Crippen molar-refractivity contribution >= 4 is 16.9 Å². The van der Waals surface area contributed by atoms with Gasteiger partial charge in [0, 0.05) is 25.1 Å². The van der Waals surface area contributed by atoms with E-state index in [0.717, 1.165) is 53.7 Å². The van der Waals surface area contributed by atoms with Crippen LogP contribution in [-0.2, 0) is 17.5 Å². The number of fused-ring (bicyclic) bond motifs is 1. The third kappa shape index (κ3) is 4.30. The zero-order valence-corrected chi connectivity index (χ0v) is 18.4. The highest BCUT2D eigenvalue weighted by Crippen LogP contribution is 2.37. The lowest BCUT2D eigenvalue weighted by atomic mass is 9.94. The highest BCUT2D eigenvalue weighted by molar-refractivity contribution is 5.78. The Morgan fingerprint density at radius 3 is 2.68 bits per heavy atom. The number of piperidine rings is 1. The fourth-order valence-corrected chi connectivity index (χ4v) is 4.70. The van der Waals surface area contributed by atoms with Gasteiger partial charge >= 0.3 is 6.18 Å². The van der Waals surface area contributed by atoms with Crippen LogP contribution in [0.2, 0.25) is 0 Å². The summed E-state index contributed by atoms with van der Waals surface area (Å²) in [5.41, 5.74) is 3.32. The number of nitrogens with one attached hydrogen (secondary N) is 1. The molecule has 1 N–H and O–H groups in total. The molecule has 0 spiro atoms. The molecule has 2 aromatic carbocycles. The van der Waals surface area contributed by atoms with Gasteiger partial charge in [-0.25, -0.2) is 4.98 Å². The molecule has 9 heteroatoms. The molecule has 4 aromatic rings. The second-order valence-electron chi connectivity index (χ2n) is 8.55. The lowest BCUT2D eigenvalue weighted by Crippen LogP contribution is -2.39. The van der Waals surface area contributed by atoms with Crippen LogP contribution in [0.1, 0.15) is 43.0 Å². The van der Waals surface area contributed by atoms with Gasteiger partial charge in [0.1, 0.15) is 0 Å². The molecule has 176 valence electrons. The maximum absolute atomic E-state index is 13.3. The van der Waals surface area contributed by atoms with Gasteiger partial charge in [0.25, 0.3) is 0 Å². The Hall–Kier alpha value is -3.62. The molecular formula is C25H24F3N5O. The Morgan fingerprint density at radius 1 is 1.09 bits per heavy atom. The number of aromatic nitrogens is 4. The molecule has 1 fully saturated rings. The van der Waals surface area contributed by atoms with Crippen LogP contribution in [0.5, 0.6) is 0 Å². The third-order valence-electron chi connectivity index (χ3n) is 6.44. The number of likely N-dealkylation sites (tertiary alicyclic amines) is 1. The lowest BCUT2D eigenvalue weighted by molar-refractivity contribution is -0.137. The molecule has 0 aliphatic carbocycles. The van der Waals surface area contributed by atoms with Gasteiger partial charge in [0.2, 0.25) is 5.91 Å². The normalized spacial score (nSPS) is 16.8. The standard InChI is InChI=1S/C25H24F3N5O/c26-25(27,28)18-10-8-17(9-11-18)19-15-30-31-24(19)22-7-3-4-13-33(22)23(34)12-14-32-16-29-20-5-1-2-6-21(20)32/h1-2,5-6,8-11,15-16,22H,3-4,7,12-14H2,(H,30,31)/t22-/m1/s1. The number of halogens is 3. The van der Waals surface area contributed by atoms with Crippen molar-refractivity contribution in [3.05, 3.63) is 72.3 Å². The van der Waals surface area contributed by atoms with Crippen LogP contribution in [0.3, 0.4) is 0 Å². The SMILES string of the molecule is O=C(CCn1cnc2ccccc21)N1CCCC[C@@H]1c1[nH]ncc1-c1ccc(C(F)(F)F)cc1. The minimum atomic E-state index is -4.38. The molecule has 34 heavy (non-hydrogen) atoms. The summed E-state index contributed by atoms with van der Waals surface area (Å²) in [4.78, 5) is 19.5. The Morgan fingerprint density at radius 2 is 1.88 bits per heavy atom. The van der Waals surface area contributed by atoms with E-state index in [4.69, 9.17) is 0 Å². The number of hydrogen-bond donors (Lipinski definition) is 1. The van der Waals surface area contributed by atoms with Gasteiger partial charge in [-0.2, -0.15) is 18.3 Å². The maximum Gasteiger partial charge on any atom is 0.416 e. The summed E-state index contributed by atoms with van der Waals surface area (Å²) in [6.45, 7) is 1.16. The molecule has 0 radical (unpaired) electrons. The predicted octanol–water partition coefficient (Wildman–Crippen LogP) is 5.59. The van der Waals surface area contributed by atoms with E-state index in [9.17, 15) is 18.0 Å². The van der Waals surface area contributed by atoms with Gasteiger partial charge in [-0.1, -0.05) is 24.3 Å². The molecule has 5 rings (SSSR count). The van der Waals surface area contributed by atoms with Crippen molar-refractivity contribution in [2.45, 2.75) is 44.4 Å². The molecule has 2 aromatic heterocycles.